The molecule has 1 aliphatic heterocycles. The molecule has 0 bridgehead atoms. The van der Waals surface area contributed by atoms with Crippen molar-refractivity contribution < 1.29 is 14.3 Å². The van der Waals surface area contributed by atoms with Crippen LogP contribution in [0.3, 0.4) is 0 Å². The Morgan fingerprint density at radius 3 is 2.42 bits per heavy atom. The van der Waals surface area contributed by atoms with E-state index in [1.165, 1.54) is 0 Å². The number of hydrogen-bond donors (Lipinski definition) is 2. The van der Waals surface area contributed by atoms with Crippen molar-refractivity contribution in [1.82, 2.24) is 5.32 Å². The summed E-state index contributed by atoms with van der Waals surface area (Å²) in [5, 5.41) is 6.80. The number of carbonyl (C=O) groups excluding carboxylic acids is 1. The fraction of sp³-hybridized carbons (Fsp3) is 0.316. The maximum atomic E-state index is 12.6. The summed E-state index contributed by atoms with van der Waals surface area (Å²) in [7, 11) is 1.59. The lowest BCUT2D eigenvalue weighted by Gasteiger charge is -2.34. The first-order chi connectivity index (χ1) is 12.1. The Morgan fingerprint density at radius 2 is 1.81 bits per heavy atom. The summed E-state index contributed by atoms with van der Waals surface area (Å²) in [6, 6.07) is 14.4. The molecule has 26 heavy (non-hydrogen) atoms. The first kappa shape index (κ1) is 20.5. The Labute approximate surface area is 164 Å². The van der Waals surface area contributed by atoms with Crippen LogP contribution in [-0.4, -0.2) is 31.7 Å². The Kier molecular flexibility index (Phi) is 7.29. The minimum atomic E-state index is -0.763. The third-order valence-electron chi connectivity index (χ3n) is 4.36. The molecule has 0 aromatic heterocycles. The van der Waals surface area contributed by atoms with Crippen molar-refractivity contribution in [1.29, 1.82) is 0 Å². The predicted octanol–water partition coefficient (Wildman–Crippen LogP) is 4.26. The molecular formula is C19H22Cl2N2O3. The predicted molar refractivity (Wildman–Crippen MR) is 106 cm³/mol. The van der Waals surface area contributed by atoms with E-state index in [1.54, 1.807) is 31.4 Å². The summed E-state index contributed by atoms with van der Waals surface area (Å²) in [4.78, 5) is 12.6. The molecule has 2 aromatic rings. The number of anilines is 1. The number of piperidine rings is 1. The highest BCUT2D eigenvalue weighted by Gasteiger charge is 2.39. The largest absolute Gasteiger partial charge is 0.457 e. The van der Waals surface area contributed by atoms with Gasteiger partial charge in [0, 0.05) is 17.8 Å². The van der Waals surface area contributed by atoms with Crippen LogP contribution in [0.4, 0.5) is 5.69 Å². The summed E-state index contributed by atoms with van der Waals surface area (Å²) in [5.41, 5.74) is -0.0558. The Balaban J connectivity index is 0.00000243. The van der Waals surface area contributed by atoms with Crippen molar-refractivity contribution in [2.24, 2.45) is 0 Å². The third kappa shape index (κ3) is 4.89. The van der Waals surface area contributed by atoms with E-state index in [9.17, 15) is 4.79 Å². The van der Waals surface area contributed by atoms with Gasteiger partial charge in [0.2, 0.25) is 0 Å². The summed E-state index contributed by atoms with van der Waals surface area (Å²) in [6.45, 7) is 1.54. The second kappa shape index (κ2) is 9.24. The van der Waals surface area contributed by atoms with Crippen molar-refractivity contribution in [3.05, 3.63) is 53.6 Å². The normalized spacial score (nSPS) is 15.6. The number of nitrogens with one attached hydrogen (secondary N) is 2. The molecule has 1 aliphatic rings. The molecule has 0 spiro atoms. The van der Waals surface area contributed by atoms with Gasteiger partial charge in [-0.05, 0) is 68.4 Å². The van der Waals surface area contributed by atoms with Crippen molar-refractivity contribution in [3.63, 3.8) is 0 Å². The van der Waals surface area contributed by atoms with Gasteiger partial charge in [-0.1, -0.05) is 17.7 Å². The van der Waals surface area contributed by atoms with Gasteiger partial charge in [-0.15, -0.1) is 12.4 Å². The molecule has 2 aromatic carbocycles. The van der Waals surface area contributed by atoms with Gasteiger partial charge in [0.15, 0.2) is 0 Å². The van der Waals surface area contributed by atoms with Crippen LogP contribution in [0.1, 0.15) is 12.8 Å². The minimum absolute atomic E-state index is 0. The van der Waals surface area contributed by atoms with E-state index in [1.807, 2.05) is 24.3 Å². The molecule has 1 saturated heterocycles. The maximum Gasteiger partial charge on any atom is 0.256 e. The highest BCUT2D eigenvalue weighted by Crippen LogP contribution is 2.27. The zero-order chi connectivity index (χ0) is 17.7. The molecule has 0 aliphatic carbocycles. The lowest BCUT2D eigenvalue weighted by Crippen LogP contribution is -2.51. The number of methoxy groups -OCH3 is 1. The van der Waals surface area contributed by atoms with E-state index in [-0.39, 0.29) is 18.3 Å². The molecule has 0 radical (unpaired) electrons. The molecule has 0 atom stereocenters. The fourth-order valence-corrected chi connectivity index (χ4v) is 3.05. The first-order valence-corrected chi connectivity index (χ1v) is 8.60. The standard InChI is InChI=1S/C19H21ClN2O3.ClH/c1-24-19(9-11-21-12-10-19)18(23)22-15-5-7-16(8-6-15)25-17-4-2-3-14(20)13-17;/h2-8,13,21H,9-12H2,1H3,(H,22,23);1H. The number of carbonyl (C=O) groups is 1. The number of benzene rings is 2. The maximum absolute atomic E-state index is 12.6. The van der Waals surface area contributed by atoms with Gasteiger partial charge >= 0.3 is 0 Å². The van der Waals surface area contributed by atoms with Crippen LogP contribution >= 0.6 is 24.0 Å². The molecule has 1 amide bonds. The van der Waals surface area contributed by atoms with E-state index in [4.69, 9.17) is 21.1 Å². The van der Waals surface area contributed by atoms with Crippen LogP contribution in [0, 0.1) is 0 Å². The van der Waals surface area contributed by atoms with Crippen LogP contribution in [-0.2, 0) is 9.53 Å². The van der Waals surface area contributed by atoms with Crippen LogP contribution < -0.4 is 15.4 Å². The highest BCUT2D eigenvalue weighted by molar-refractivity contribution is 6.30. The van der Waals surface area contributed by atoms with Gasteiger partial charge < -0.3 is 20.1 Å². The lowest BCUT2D eigenvalue weighted by atomic mass is 9.91. The summed E-state index contributed by atoms with van der Waals surface area (Å²) < 4.78 is 11.3. The average molecular weight is 397 g/mol. The molecule has 0 saturated carbocycles. The van der Waals surface area contributed by atoms with Crippen LogP contribution in [0.15, 0.2) is 48.5 Å². The SMILES string of the molecule is COC1(C(=O)Nc2ccc(Oc3cccc(Cl)c3)cc2)CCNCC1.Cl. The molecule has 5 nitrogen and oxygen atoms in total. The molecule has 1 heterocycles. The van der Waals surface area contributed by atoms with Crippen LogP contribution in [0.2, 0.25) is 5.02 Å². The van der Waals surface area contributed by atoms with Gasteiger partial charge in [-0.2, -0.15) is 0 Å². The van der Waals surface area contributed by atoms with Gasteiger partial charge in [-0.3, -0.25) is 4.79 Å². The molecule has 140 valence electrons. The zero-order valence-electron chi connectivity index (χ0n) is 14.5. The number of rotatable bonds is 5. The van der Waals surface area contributed by atoms with E-state index >= 15 is 0 Å². The van der Waals surface area contributed by atoms with Crippen molar-refractivity contribution in [2.75, 3.05) is 25.5 Å². The van der Waals surface area contributed by atoms with Crippen molar-refractivity contribution >= 4 is 35.6 Å². The second-order valence-corrected chi connectivity index (χ2v) is 6.42. The third-order valence-corrected chi connectivity index (χ3v) is 4.59. The Morgan fingerprint density at radius 1 is 1.12 bits per heavy atom. The molecular weight excluding hydrogens is 375 g/mol. The zero-order valence-corrected chi connectivity index (χ0v) is 16.0. The van der Waals surface area contributed by atoms with E-state index in [0.29, 0.717) is 35.1 Å². The van der Waals surface area contributed by atoms with Crippen molar-refractivity contribution in [3.8, 4) is 11.5 Å². The summed E-state index contributed by atoms with van der Waals surface area (Å²) in [5.74, 6) is 1.22. The van der Waals surface area contributed by atoms with E-state index < -0.39 is 5.60 Å². The second-order valence-electron chi connectivity index (χ2n) is 5.99. The van der Waals surface area contributed by atoms with Crippen molar-refractivity contribution in [2.45, 2.75) is 18.4 Å². The lowest BCUT2D eigenvalue weighted by molar-refractivity contribution is -0.140. The number of hydrogen-bond acceptors (Lipinski definition) is 4. The highest BCUT2D eigenvalue weighted by atomic mass is 35.5. The van der Waals surface area contributed by atoms with Gasteiger partial charge in [0.25, 0.3) is 5.91 Å². The monoisotopic (exact) mass is 396 g/mol. The topological polar surface area (TPSA) is 59.6 Å². The average Bonchev–Trinajstić information content (AvgIpc) is 2.64. The number of ether oxygens (including phenoxy) is 2. The Bertz CT molecular complexity index is 732. The smallest absolute Gasteiger partial charge is 0.256 e. The van der Waals surface area contributed by atoms with Crippen LogP contribution in [0.25, 0.3) is 0 Å². The van der Waals surface area contributed by atoms with Gasteiger partial charge in [0.1, 0.15) is 17.1 Å². The summed E-state index contributed by atoms with van der Waals surface area (Å²) >= 11 is 5.95. The van der Waals surface area contributed by atoms with Gasteiger partial charge in [-0.25, -0.2) is 0 Å². The number of amides is 1. The molecule has 1 fully saturated rings. The Hall–Kier alpha value is -1.79. The fourth-order valence-electron chi connectivity index (χ4n) is 2.87. The molecule has 2 N–H and O–H groups in total. The van der Waals surface area contributed by atoms with Crippen LogP contribution in [0.5, 0.6) is 11.5 Å². The number of halogens is 2. The van der Waals surface area contributed by atoms with E-state index in [0.717, 1.165) is 13.1 Å². The first-order valence-electron chi connectivity index (χ1n) is 8.22. The van der Waals surface area contributed by atoms with Gasteiger partial charge in [0.05, 0.1) is 0 Å². The van der Waals surface area contributed by atoms with E-state index in [2.05, 4.69) is 10.6 Å². The summed E-state index contributed by atoms with van der Waals surface area (Å²) in [6.07, 6.45) is 1.32. The minimum Gasteiger partial charge on any atom is -0.457 e. The quantitative estimate of drug-likeness (QED) is 0.792. The molecule has 3 rings (SSSR count). The molecule has 7 heteroatoms. The molecule has 0 unspecified atom stereocenters.